The lowest BCUT2D eigenvalue weighted by Crippen LogP contribution is -1.95. The van der Waals surface area contributed by atoms with E-state index in [-0.39, 0.29) is 0 Å². The summed E-state index contributed by atoms with van der Waals surface area (Å²) in [6.07, 6.45) is 1.58. The molecule has 6 heteroatoms. The molecule has 1 heterocycles. The quantitative estimate of drug-likeness (QED) is 0.620. The number of rotatable bonds is 2. The molecule has 0 aliphatic carbocycles. The SMILES string of the molecule is Clc1cnc(Nc2ccc(I)cc2Cl)c(Br)c1. The van der Waals surface area contributed by atoms with E-state index >= 15 is 0 Å². The molecule has 2 aromatic rings. The van der Waals surface area contributed by atoms with Crippen molar-refractivity contribution in [1.29, 1.82) is 0 Å². The second kappa shape index (κ2) is 5.73. The number of anilines is 2. The van der Waals surface area contributed by atoms with Gasteiger partial charge in [0.25, 0.3) is 0 Å². The highest BCUT2D eigenvalue weighted by Gasteiger charge is 2.06. The van der Waals surface area contributed by atoms with Gasteiger partial charge in [0.15, 0.2) is 0 Å². The lowest BCUT2D eigenvalue weighted by molar-refractivity contribution is 1.29. The van der Waals surface area contributed by atoms with Gasteiger partial charge in [-0.25, -0.2) is 4.98 Å². The molecule has 1 N–H and O–H groups in total. The monoisotopic (exact) mass is 442 g/mol. The molecule has 0 unspecified atom stereocenters. The van der Waals surface area contributed by atoms with Crippen molar-refractivity contribution >= 4 is 73.2 Å². The second-order valence-corrected chi connectivity index (χ2v) is 6.18. The van der Waals surface area contributed by atoms with E-state index in [2.05, 4.69) is 48.8 Å². The zero-order valence-electron chi connectivity index (χ0n) is 8.35. The Bertz CT molecular complexity index is 514. The fraction of sp³-hybridized carbons (Fsp3) is 0. The molecule has 2 rings (SSSR count). The summed E-state index contributed by atoms with van der Waals surface area (Å²) in [5.74, 6) is 0.678. The number of nitrogens with zero attached hydrogens (tertiary/aromatic N) is 1. The molecule has 1 aromatic carbocycles. The van der Waals surface area contributed by atoms with Crippen LogP contribution < -0.4 is 5.32 Å². The van der Waals surface area contributed by atoms with E-state index in [0.29, 0.717) is 15.9 Å². The van der Waals surface area contributed by atoms with E-state index in [1.807, 2.05) is 18.2 Å². The van der Waals surface area contributed by atoms with E-state index in [1.165, 1.54) is 0 Å². The molecule has 0 amide bonds. The summed E-state index contributed by atoms with van der Waals surface area (Å²) in [5.41, 5.74) is 0.808. The second-order valence-electron chi connectivity index (χ2n) is 3.23. The van der Waals surface area contributed by atoms with Crippen LogP contribution in [0.25, 0.3) is 0 Å². The lowest BCUT2D eigenvalue weighted by Gasteiger charge is -2.09. The maximum atomic E-state index is 6.13. The van der Waals surface area contributed by atoms with Gasteiger partial charge >= 0.3 is 0 Å². The van der Waals surface area contributed by atoms with Crippen LogP contribution >= 0.6 is 61.7 Å². The molecule has 0 bridgehead atoms. The molecule has 0 spiro atoms. The normalized spacial score (nSPS) is 10.4. The highest BCUT2D eigenvalue weighted by Crippen LogP contribution is 2.30. The topological polar surface area (TPSA) is 24.9 Å². The van der Waals surface area contributed by atoms with Gasteiger partial charge in [0.05, 0.1) is 20.2 Å². The zero-order chi connectivity index (χ0) is 12.4. The fourth-order valence-electron chi connectivity index (χ4n) is 1.22. The minimum Gasteiger partial charge on any atom is -0.338 e. The molecule has 0 saturated carbocycles. The molecule has 0 aliphatic heterocycles. The summed E-state index contributed by atoms with van der Waals surface area (Å²) in [7, 11) is 0. The summed E-state index contributed by atoms with van der Waals surface area (Å²) in [6, 6.07) is 7.54. The molecule has 0 atom stereocenters. The van der Waals surface area contributed by atoms with Crippen LogP contribution in [0.2, 0.25) is 10.0 Å². The minimum absolute atomic E-state index is 0.580. The number of pyridine rings is 1. The van der Waals surface area contributed by atoms with Gasteiger partial charge in [-0.1, -0.05) is 23.2 Å². The number of hydrogen-bond donors (Lipinski definition) is 1. The van der Waals surface area contributed by atoms with Crippen molar-refractivity contribution in [1.82, 2.24) is 4.98 Å². The van der Waals surface area contributed by atoms with E-state index < -0.39 is 0 Å². The molecule has 17 heavy (non-hydrogen) atoms. The largest absolute Gasteiger partial charge is 0.338 e. The van der Waals surface area contributed by atoms with Crippen LogP contribution in [0.4, 0.5) is 11.5 Å². The number of benzene rings is 1. The molecule has 0 fully saturated rings. The number of aromatic nitrogens is 1. The molecule has 0 radical (unpaired) electrons. The Balaban J connectivity index is 2.31. The Morgan fingerprint density at radius 3 is 2.65 bits per heavy atom. The van der Waals surface area contributed by atoms with Crippen LogP contribution in [0.5, 0.6) is 0 Å². The Morgan fingerprint density at radius 1 is 1.24 bits per heavy atom. The van der Waals surface area contributed by atoms with Crippen molar-refractivity contribution < 1.29 is 0 Å². The Hall–Kier alpha value is -0.0400. The smallest absolute Gasteiger partial charge is 0.144 e. The zero-order valence-corrected chi connectivity index (χ0v) is 13.6. The van der Waals surface area contributed by atoms with Crippen LogP contribution in [-0.2, 0) is 0 Å². The minimum atomic E-state index is 0.580. The van der Waals surface area contributed by atoms with Gasteiger partial charge in [-0.2, -0.15) is 0 Å². The summed E-state index contributed by atoms with van der Waals surface area (Å²) in [5, 5.41) is 4.38. The average molecular weight is 444 g/mol. The number of nitrogens with one attached hydrogen (secondary N) is 1. The first kappa shape index (κ1) is 13.4. The summed E-state index contributed by atoms with van der Waals surface area (Å²) in [4.78, 5) is 4.19. The molecule has 88 valence electrons. The molecule has 0 aliphatic rings. The lowest BCUT2D eigenvalue weighted by atomic mass is 10.3. The highest BCUT2D eigenvalue weighted by atomic mass is 127. The van der Waals surface area contributed by atoms with Crippen molar-refractivity contribution in [3.05, 3.63) is 48.6 Å². The molecule has 1 aromatic heterocycles. The van der Waals surface area contributed by atoms with E-state index in [9.17, 15) is 0 Å². The Kier molecular flexibility index (Phi) is 4.52. The van der Waals surface area contributed by atoms with E-state index in [4.69, 9.17) is 23.2 Å². The van der Waals surface area contributed by atoms with E-state index in [0.717, 1.165) is 13.7 Å². The van der Waals surface area contributed by atoms with Crippen LogP contribution in [0.15, 0.2) is 34.9 Å². The Labute approximate surface area is 131 Å². The first-order chi connectivity index (χ1) is 8.06. The third kappa shape index (κ3) is 3.47. The molecule has 0 saturated heterocycles. The molecule has 2 nitrogen and oxygen atoms in total. The molecular formula is C11H6BrCl2IN2. The van der Waals surface area contributed by atoms with Crippen LogP contribution in [0.3, 0.4) is 0 Å². The van der Waals surface area contributed by atoms with Crippen molar-refractivity contribution in [2.45, 2.75) is 0 Å². The number of halogens is 4. The third-order valence-corrected chi connectivity index (χ3v) is 3.79. The van der Waals surface area contributed by atoms with Crippen LogP contribution in [-0.4, -0.2) is 4.98 Å². The van der Waals surface area contributed by atoms with Crippen molar-refractivity contribution in [3.63, 3.8) is 0 Å². The highest BCUT2D eigenvalue weighted by molar-refractivity contribution is 14.1. The van der Waals surface area contributed by atoms with Crippen molar-refractivity contribution in [2.24, 2.45) is 0 Å². The first-order valence-corrected chi connectivity index (χ1v) is 7.22. The predicted octanol–water partition coefficient (Wildman–Crippen LogP) is 5.50. The summed E-state index contributed by atoms with van der Waals surface area (Å²) in [6.45, 7) is 0. The van der Waals surface area contributed by atoms with Gasteiger partial charge in [-0.3, -0.25) is 0 Å². The van der Waals surface area contributed by atoms with Gasteiger partial charge in [0.1, 0.15) is 5.82 Å². The maximum absolute atomic E-state index is 6.13. The Morgan fingerprint density at radius 2 is 2.00 bits per heavy atom. The van der Waals surface area contributed by atoms with Gasteiger partial charge in [0, 0.05) is 9.77 Å². The van der Waals surface area contributed by atoms with Gasteiger partial charge < -0.3 is 5.32 Å². The van der Waals surface area contributed by atoms with Crippen LogP contribution in [0, 0.1) is 3.57 Å². The maximum Gasteiger partial charge on any atom is 0.144 e. The first-order valence-electron chi connectivity index (χ1n) is 4.59. The van der Waals surface area contributed by atoms with Gasteiger partial charge in [0.2, 0.25) is 0 Å². The standard InChI is InChI=1S/C11H6BrCl2IN2/c12-8-3-6(13)5-16-11(8)17-10-2-1-7(15)4-9(10)14/h1-5H,(H,16,17). The predicted molar refractivity (Wildman–Crippen MR) is 84.4 cm³/mol. The molecular weight excluding hydrogens is 438 g/mol. The average Bonchev–Trinajstić information content (AvgIpc) is 2.25. The summed E-state index contributed by atoms with van der Waals surface area (Å²) >= 11 is 17.6. The van der Waals surface area contributed by atoms with Crippen molar-refractivity contribution in [2.75, 3.05) is 5.32 Å². The van der Waals surface area contributed by atoms with Gasteiger partial charge in [-0.15, -0.1) is 0 Å². The van der Waals surface area contributed by atoms with E-state index in [1.54, 1.807) is 12.3 Å². The van der Waals surface area contributed by atoms with Gasteiger partial charge in [-0.05, 0) is 62.8 Å². The number of hydrogen-bond acceptors (Lipinski definition) is 2. The van der Waals surface area contributed by atoms with Crippen molar-refractivity contribution in [3.8, 4) is 0 Å². The third-order valence-electron chi connectivity index (χ3n) is 1.99. The summed E-state index contributed by atoms with van der Waals surface area (Å²) < 4.78 is 1.88. The van der Waals surface area contributed by atoms with Crippen LogP contribution in [0.1, 0.15) is 0 Å². The fourth-order valence-corrected chi connectivity index (χ4v) is 2.87.